The molecular weight excluding hydrogens is 285 g/mol. The van der Waals surface area contributed by atoms with Gasteiger partial charge in [0.25, 0.3) is 6.43 Å². The summed E-state index contributed by atoms with van der Waals surface area (Å²) in [6.45, 7) is 0. The lowest BCUT2D eigenvalue weighted by atomic mass is 10.1. The Labute approximate surface area is 90.2 Å². The van der Waals surface area contributed by atoms with Crippen LogP contribution in [0.15, 0.2) is 16.6 Å². The van der Waals surface area contributed by atoms with Crippen LogP contribution in [0.5, 0.6) is 0 Å². The largest absolute Gasteiger partial charge is 0.416 e. The van der Waals surface area contributed by atoms with E-state index in [4.69, 9.17) is 5.73 Å². The number of benzene rings is 1. The number of nitrogens with two attached hydrogens (primary N) is 1. The van der Waals surface area contributed by atoms with Crippen molar-refractivity contribution in [2.24, 2.45) is 0 Å². The Bertz CT molecular complexity index is 374. The highest BCUT2D eigenvalue weighted by molar-refractivity contribution is 9.10. The molecule has 0 fully saturated rings. The predicted molar refractivity (Wildman–Crippen MR) is 48.5 cm³/mol. The van der Waals surface area contributed by atoms with E-state index >= 15 is 0 Å². The van der Waals surface area contributed by atoms with Gasteiger partial charge in [-0.25, -0.2) is 8.78 Å². The first-order valence-electron chi connectivity index (χ1n) is 3.67. The molecule has 7 heteroatoms. The summed E-state index contributed by atoms with van der Waals surface area (Å²) in [5, 5.41) is 0. The first kappa shape index (κ1) is 12.2. The standard InChI is InChI=1S/C8H5BrF5N/c9-5-2-3(15)1-4(8(12,13)14)6(5)7(10)11/h1-2,7H,15H2. The van der Waals surface area contributed by atoms with Gasteiger partial charge in [0.15, 0.2) is 0 Å². The smallest absolute Gasteiger partial charge is 0.399 e. The van der Waals surface area contributed by atoms with Gasteiger partial charge in [-0.3, -0.25) is 0 Å². The number of hydrogen-bond donors (Lipinski definition) is 1. The molecule has 0 spiro atoms. The number of alkyl halides is 5. The normalized spacial score (nSPS) is 12.2. The topological polar surface area (TPSA) is 26.0 Å². The molecule has 15 heavy (non-hydrogen) atoms. The fourth-order valence-electron chi connectivity index (χ4n) is 1.10. The third kappa shape index (κ3) is 2.58. The van der Waals surface area contributed by atoms with E-state index in [0.29, 0.717) is 6.07 Å². The van der Waals surface area contributed by atoms with E-state index in [2.05, 4.69) is 15.9 Å². The highest BCUT2D eigenvalue weighted by Crippen LogP contribution is 2.41. The number of anilines is 1. The summed E-state index contributed by atoms with van der Waals surface area (Å²) in [5.74, 6) is 0. The van der Waals surface area contributed by atoms with Gasteiger partial charge >= 0.3 is 6.18 Å². The lowest BCUT2D eigenvalue weighted by Crippen LogP contribution is -2.11. The lowest BCUT2D eigenvalue weighted by molar-refractivity contribution is -0.139. The molecule has 0 aliphatic heterocycles. The Hall–Kier alpha value is -0.850. The highest BCUT2D eigenvalue weighted by Gasteiger charge is 2.37. The van der Waals surface area contributed by atoms with Crippen LogP contribution in [0.1, 0.15) is 17.6 Å². The monoisotopic (exact) mass is 289 g/mol. The van der Waals surface area contributed by atoms with Crippen LogP contribution in [0.3, 0.4) is 0 Å². The predicted octanol–water partition coefficient (Wildman–Crippen LogP) is 3.99. The molecule has 0 saturated heterocycles. The summed E-state index contributed by atoms with van der Waals surface area (Å²) in [6, 6.07) is 1.50. The van der Waals surface area contributed by atoms with Crippen LogP contribution < -0.4 is 5.73 Å². The van der Waals surface area contributed by atoms with E-state index in [1.54, 1.807) is 0 Å². The molecule has 1 rings (SSSR count). The van der Waals surface area contributed by atoms with Gasteiger partial charge in [-0.05, 0) is 12.1 Å². The van der Waals surface area contributed by atoms with Crippen molar-refractivity contribution in [2.45, 2.75) is 12.6 Å². The first-order valence-corrected chi connectivity index (χ1v) is 4.47. The molecule has 0 aliphatic carbocycles. The number of hydrogen-bond acceptors (Lipinski definition) is 1. The molecule has 1 nitrogen and oxygen atoms in total. The molecule has 0 bridgehead atoms. The van der Waals surface area contributed by atoms with E-state index in [1.165, 1.54) is 0 Å². The van der Waals surface area contributed by atoms with E-state index in [9.17, 15) is 22.0 Å². The zero-order valence-electron chi connectivity index (χ0n) is 7.08. The van der Waals surface area contributed by atoms with Crippen LogP contribution in [0.4, 0.5) is 27.6 Å². The van der Waals surface area contributed by atoms with Gasteiger partial charge in [-0.2, -0.15) is 13.2 Å². The summed E-state index contributed by atoms with van der Waals surface area (Å²) in [5.41, 5.74) is 2.43. The lowest BCUT2D eigenvalue weighted by Gasteiger charge is -2.14. The third-order valence-corrected chi connectivity index (χ3v) is 2.33. The Balaban J connectivity index is 3.47. The van der Waals surface area contributed by atoms with Crippen molar-refractivity contribution >= 4 is 21.6 Å². The molecule has 2 N–H and O–H groups in total. The van der Waals surface area contributed by atoms with Crippen molar-refractivity contribution in [3.8, 4) is 0 Å². The molecule has 0 radical (unpaired) electrons. The zero-order valence-corrected chi connectivity index (χ0v) is 8.66. The van der Waals surface area contributed by atoms with Crippen LogP contribution in [0, 0.1) is 0 Å². The van der Waals surface area contributed by atoms with E-state index in [1.807, 2.05) is 0 Å². The van der Waals surface area contributed by atoms with Gasteiger partial charge in [0, 0.05) is 15.7 Å². The minimum absolute atomic E-state index is 0.224. The molecule has 1 aromatic carbocycles. The quantitative estimate of drug-likeness (QED) is 0.614. The second-order valence-electron chi connectivity index (χ2n) is 2.76. The Morgan fingerprint density at radius 1 is 1.20 bits per heavy atom. The SMILES string of the molecule is Nc1cc(Br)c(C(F)F)c(C(F)(F)F)c1. The van der Waals surface area contributed by atoms with Gasteiger partial charge in [0.05, 0.1) is 5.56 Å². The molecular formula is C8H5BrF5N. The van der Waals surface area contributed by atoms with Crippen molar-refractivity contribution in [3.05, 3.63) is 27.7 Å². The molecule has 1 aromatic rings. The molecule has 0 aliphatic rings. The third-order valence-electron chi connectivity index (χ3n) is 1.68. The van der Waals surface area contributed by atoms with Gasteiger partial charge in [0.2, 0.25) is 0 Å². The van der Waals surface area contributed by atoms with Crippen molar-refractivity contribution in [3.63, 3.8) is 0 Å². The van der Waals surface area contributed by atoms with Crippen LogP contribution in [-0.4, -0.2) is 0 Å². The van der Waals surface area contributed by atoms with E-state index in [-0.39, 0.29) is 10.2 Å². The molecule has 0 aromatic heterocycles. The molecule has 0 atom stereocenters. The fraction of sp³-hybridized carbons (Fsp3) is 0.250. The second-order valence-corrected chi connectivity index (χ2v) is 3.62. The molecule has 0 unspecified atom stereocenters. The molecule has 84 valence electrons. The average Bonchev–Trinajstić information content (AvgIpc) is 1.99. The van der Waals surface area contributed by atoms with Crippen molar-refractivity contribution in [2.75, 3.05) is 5.73 Å². The van der Waals surface area contributed by atoms with Crippen LogP contribution in [-0.2, 0) is 6.18 Å². The summed E-state index contributed by atoms with van der Waals surface area (Å²) >= 11 is 2.63. The zero-order chi connectivity index (χ0) is 11.8. The Kier molecular flexibility index (Phi) is 3.22. The van der Waals surface area contributed by atoms with Crippen molar-refractivity contribution in [1.82, 2.24) is 0 Å². The highest BCUT2D eigenvalue weighted by atomic mass is 79.9. The fourth-order valence-corrected chi connectivity index (χ4v) is 1.75. The van der Waals surface area contributed by atoms with E-state index in [0.717, 1.165) is 6.07 Å². The summed E-state index contributed by atoms with van der Waals surface area (Å²) in [4.78, 5) is 0. The summed E-state index contributed by atoms with van der Waals surface area (Å²) in [7, 11) is 0. The van der Waals surface area contributed by atoms with Gasteiger partial charge in [0.1, 0.15) is 0 Å². The summed E-state index contributed by atoms with van der Waals surface area (Å²) in [6.07, 6.45) is -8.06. The van der Waals surface area contributed by atoms with Gasteiger partial charge < -0.3 is 5.73 Å². The average molecular weight is 290 g/mol. The summed E-state index contributed by atoms with van der Waals surface area (Å²) < 4.78 is 61.5. The number of nitrogen functional groups attached to an aromatic ring is 1. The second kappa shape index (κ2) is 3.96. The maximum atomic E-state index is 12.4. The molecule has 0 amide bonds. The van der Waals surface area contributed by atoms with E-state index < -0.39 is 23.7 Å². The first-order chi connectivity index (χ1) is 6.73. The minimum atomic E-state index is -4.84. The number of rotatable bonds is 1. The van der Waals surface area contributed by atoms with Crippen LogP contribution >= 0.6 is 15.9 Å². The van der Waals surface area contributed by atoms with Crippen molar-refractivity contribution < 1.29 is 22.0 Å². The molecule has 0 heterocycles. The van der Waals surface area contributed by atoms with Gasteiger partial charge in [-0.15, -0.1) is 0 Å². The van der Waals surface area contributed by atoms with Crippen molar-refractivity contribution in [1.29, 1.82) is 0 Å². The Morgan fingerprint density at radius 3 is 2.13 bits per heavy atom. The maximum Gasteiger partial charge on any atom is 0.416 e. The van der Waals surface area contributed by atoms with Crippen LogP contribution in [0.2, 0.25) is 0 Å². The maximum absolute atomic E-state index is 12.4. The minimum Gasteiger partial charge on any atom is -0.399 e. The molecule has 0 saturated carbocycles. The Morgan fingerprint density at radius 2 is 1.73 bits per heavy atom. The van der Waals surface area contributed by atoms with Gasteiger partial charge in [-0.1, -0.05) is 15.9 Å². The van der Waals surface area contributed by atoms with Crippen LogP contribution in [0.25, 0.3) is 0 Å². The number of halogens is 6.